The molecule has 0 N–H and O–H groups in total. The van der Waals surface area contributed by atoms with E-state index in [0.717, 1.165) is 15.6 Å². The fraction of sp³-hybridized carbons (Fsp3) is 0.200. The average molecular weight is 343 g/mol. The molecule has 0 radical (unpaired) electrons. The highest BCUT2D eigenvalue weighted by Crippen LogP contribution is 2.22. The molecule has 0 saturated heterocycles. The Morgan fingerprint density at radius 3 is 2.58 bits per heavy atom. The predicted octanol–water partition coefficient (Wildman–Crippen LogP) is 4.96. The molecule has 0 spiro atoms. The SMILES string of the molecule is CN(Cc1cccc(Br)c1)c1ccc(CCl)cc1F. The van der Waals surface area contributed by atoms with Crippen molar-refractivity contribution in [3.63, 3.8) is 0 Å². The second-order valence-corrected chi connectivity index (χ2v) is 5.59. The second-order valence-electron chi connectivity index (χ2n) is 4.41. The molecule has 19 heavy (non-hydrogen) atoms. The van der Waals surface area contributed by atoms with Gasteiger partial charge in [-0.2, -0.15) is 0 Å². The van der Waals surface area contributed by atoms with E-state index in [9.17, 15) is 4.39 Å². The van der Waals surface area contributed by atoms with Crippen molar-refractivity contribution in [2.45, 2.75) is 12.4 Å². The first-order valence-electron chi connectivity index (χ1n) is 5.90. The van der Waals surface area contributed by atoms with Gasteiger partial charge in [-0.05, 0) is 35.4 Å². The van der Waals surface area contributed by atoms with Crippen LogP contribution < -0.4 is 4.90 Å². The lowest BCUT2D eigenvalue weighted by Gasteiger charge is -2.20. The van der Waals surface area contributed by atoms with Gasteiger partial charge < -0.3 is 4.90 Å². The van der Waals surface area contributed by atoms with Gasteiger partial charge in [-0.1, -0.05) is 34.1 Å². The van der Waals surface area contributed by atoms with Gasteiger partial charge in [0.05, 0.1) is 5.69 Å². The summed E-state index contributed by atoms with van der Waals surface area (Å²) < 4.78 is 15.0. The Kier molecular flexibility index (Phi) is 4.83. The van der Waals surface area contributed by atoms with Crippen LogP contribution in [0, 0.1) is 5.82 Å². The number of hydrogen-bond acceptors (Lipinski definition) is 1. The second kappa shape index (κ2) is 6.40. The van der Waals surface area contributed by atoms with Crippen molar-refractivity contribution in [2.75, 3.05) is 11.9 Å². The van der Waals surface area contributed by atoms with Crippen molar-refractivity contribution >= 4 is 33.2 Å². The Bertz CT molecular complexity index is 574. The lowest BCUT2D eigenvalue weighted by molar-refractivity contribution is 0.621. The summed E-state index contributed by atoms with van der Waals surface area (Å²) in [5.74, 6) is 0.0858. The molecule has 0 aliphatic carbocycles. The number of rotatable bonds is 4. The fourth-order valence-corrected chi connectivity index (χ4v) is 2.55. The Hall–Kier alpha value is -1.06. The topological polar surface area (TPSA) is 3.24 Å². The van der Waals surface area contributed by atoms with Gasteiger partial charge in [0.1, 0.15) is 5.82 Å². The van der Waals surface area contributed by atoms with Crippen LogP contribution in [0.3, 0.4) is 0 Å². The normalized spacial score (nSPS) is 10.5. The molecule has 2 rings (SSSR count). The van der Waals surface area contributed by atoms with E-state index in [1.807, 2.05) is 42.3 Å². The van der Waals surface area contributed by atoms with Crippen LogP contribution in [0.4, 0.5) is 10.1 Å². The molecule has 0 aliphatic heterocycles. The van der Waals surface area contributed by atoms with Gasteiger partial charge in [0.25, 0.3) is 0 Å². The lowest BCUT2D eigenvalue weighted by Crippen LogP contribution is -2.17. The van der Waals surface area contributed by atoms with Crippen LogP contribution in [0.5, 0.6) is 0 Å². The van der Waals surface area contributed by atoms with Gasteiger partial charge in [0, 0.05) is 23.9 Å². The van der Waals surface area contributed by atoms with Crippen LogP contribution in [0.25, 0.3) is 0 Å². The van der Waals surface area contributed by atoms with Crippen molar-refractivity contribution in [3.05, 3.63) is 63.9 Å². The molecular formula is C15H14BrClFN. The number of benzene rings is 2. The summed E-state index contributed by atoms with van der Waals surface area (Å²) in [4.78, 5) is 1.88. The highest BCUT2D eigenvalue weighted by atomic mass is 79.9. The molecule has 0 aromatic heterocycles. The first-order chi connectivity index (χ1) is 9.10. The summed E-state index contributed by atoms with van der Waals surface area (Å²) in [5.41, 5.74) is 2.49. The molecule has 0 bridgehead atoms. The minimum absolute atomic E-state index is 0.240. The lowest BCUT2D eigenvalue weighted by atomic mass is 10.1. The number of halogens is 3. The number of alkyl halides is 1. The summed E-state index contributed by atoms with van der Waals surface area (Å²) in [6.07, 6.45) is 0. The standard InChI is InChI=1S/C15H14BrClFN/c1-19(10-12-3-2-4-13(16)7-12)15-6-5-11(9-17)8-14(15)18/h2-8H,9-10H2,1H3. The molecule has 0 saturated carbocycles. The Labute approximate surface area is 126 Å². The monoisotopic (exact) mass is 341 g/mol. The van der Waals surface area contributed by atoms with Gasteiger partial charge in [-0.3, -0.25) is 0 Å². The van der Waals surface area contributed by atoms with E-state index in [4.69, 9.17) is 11.6 Å². The third kappa shape index (κ3) is 3.71. The van der Waals surface area contributed by atoms with Crippen molar-refractivity contribution in [3.8, 4) is 0 Å². The van der Waals surface area contributed by atoms with Gasteiger partial charge in [-0.15, -0.1) is 11.6 Å². The van der Waals surface area contributed by atoms with E-state index < -0.39 is 0 Å². The van der Waals surface area contributed by atoms with Crippen LogP contribution in [0.1, 0.15) is 11.1 Å². The molecule has 0 unspecified atom stereocenters. The van der Waals surface area contributed by atoms with E-state index in [2.05, 4.69) is 15.9 Å². The minimum Gasteiger partial charge on any atom is -0.368 e. The zero-order chi connectivity index (χ0) is 13.8. The molecule has 0 atom stereocenters. The fourth-order valence-electron chi connectivity index (χ4n) is 1.94. The molecule has 2 aromatic carbocycles. The zero-order valence-electron chi connectivity index (χ0n) is 10.5. The van der Waals surface area contributed by atoms with Crippen molar-refractivity contribution in [2.24, 2.45) is 0 Å². The summed E-state index contributed by atoms with van der Waals surface area (Å²) in [6.45, 7) is 0.649. The van der Waals surface area contributed by atoms with Gasteiger partial charge >= 0.3 is 0 Å². The average Bonchev–Trinajstić information content (AvgIpc) is 2.38. The molecule has 0 fully saturated rings. The van der Waals surface area contributed by atoms with Crippen molar-refractivity contribution < 1.29 is 4.39 Å². The van der Waals surface area contributed by atoms with Crippen LogP contribution in [-0.2, 0) is 12.4 Å². The van der Waals surface area contributed by atoms with Crippen molar-refractivity contribution in [1.82, 2.24) is 0 Å². The first kappa shape index (κ1) is 14.4. The summed E-state index contributed by atoms with van der Waals surface area (Å²) in [7, 11) is 1.87. The molecule has 0 amide bonds. The molecule has 2 aromatic rings. The van der Waals surface area contributed by atoms with Crippen molar-refractivity contribution in [1.29, 1.82) is 0 Å². The van der Waals surface area contributed by atoms with Crippen LogP contribution in [0.15, 0.2) is 46.9 Å². The zero-order valence-corrected chi connectivity index (χ0v) is 12.9. The van der Waals surface area contributed by atoms with Crippen LogP contribution in [0.2, 0.25) is 0 Å². The molecule has 0 aliphatic rings. The van der Waals surface area contributed by atoms with Gasteiger partial charge in [0.15, 0.2) is 0 Å². The van der Waals surface area contributed by atoms with E-state index >= 15 is 0 Å². The molecule has 0 heterocycles. The van der Waals surface area contributed by atoms with E-state index in [-0.39, 0.29) is 5.82 Å². The predicted molar refractivity (Wildman–Crippen MR) is 82.2 cm³/mol. The highest BCUT2D eigenvalue weighted by Gasteiger charge is 2.09. The quantitative estimate of drug-likeness (QED) is 0.710. The van der Waals surface area contributed by atoms with E-state index in [1.54, 1.807) is 6.07 Å². The summed E-state index contributed by atoms with van der Waals surface area (Å²) in [6, 6.07) is 13.1. The molecule has 1 nitrogen and oxygen atoms in total. The maximum absolute atomic E-state index is 14.0. The summed E-state index contributed by atoms with van der Waals surface area (Å²) >= 11 is 9.13. The third-order valence-corrected chi connectivity index (χ3v) is 3.69. The Balaban J connectivity index is 2.18. The maximum Gasteiger partial charge on any atom is 0.146 e. The Morgan fingerprint density at radius 1 is 1.16 bits per heavy atom. The van der Waals surface area contributed by atoms with Crippen LogP contribution in [-0.4, -0.2) is 7.05 Å². The largest absolute Gasteiger partial charge is 0.368 e. The van der Waals surface area contributed by atoms with E-state index in [0.29, 0.717) is 18.1 Å². The third-order valence-electron chi connectivity index (χ3n) is 2.89. The van der Waals surface area contributed by atoms with Gasteiger partial charge in [0.2, 0.25) is 0 Å². The Morgan fingerprint density at radius 2 is 1.95 bits per heavy atom. The summed E-state index contributed by atoms with van der Waals surface area (Å²) in [5, 5.41) is 0. The van der Waals surface area contributed by atoms with E-state index in [1.165, 1.54) is 6.07 Å². The first-order valence-corrected chi connectivity index (χ1v) is 7.23. The highest BCUT2D eigenvalue weighted by molar-refractivity contribution is 9.10. The van der Waals surface area contributed by atoms with Gasteiger partial charge in [-0.25, -0.2) is 4.39 Å². The molecule has 4 heteroatoms. The minimum atomic E-state index is -0.240. The van der Waals surface area contributed by atoms with Crippen LogP contribution >= 0.6 is 27.5 Å². The molecule has 100 valence electrons. The number of hydrogen-bond donors (Lipinski definition) is 0. The number of anilines is 1. The number of nitrogens with zero attached hydrogens (tertiary/aromatic N) is 1. The smallest absolute Gasteiger partial charge is 0.146 e. The maximum atomic E-state index is 14.0. The molecular weight excluding hydrogens is 329 g/mol.